The maximum Gasteiger partial charge on any atom is 0.0935 e. The molecule has 1 heterocycles. The summed E-state index contributed by atoms with van der Waals surface area (Å²) in [4.78, 5) is 4.39. The van der Waals surface area contributed by atoms with Crippen LogP contribution in [-0.2, 0) is 0 Å². The molecule has 0 fully saturated rings. The predicted octanol–water partition coefficient (Wildman–Crippen LogP) is 2.22. The molecule has 0 spiro atoms. The van der Waals surface area contributed by atoms with Crippen molar-refractivity contribution in [3.8, 4) is 0 Å². The van der Waals surface area contributed by atoms with Gasteiger partial charge in [0.25, 0.3) is 0 Å². The Hall–Kier alpha value is -0.920. The molecule has 0 N–H and O–H groups in total. The highest BCUT2D eigenvalue weighted by molar-refractivity contribution is 4.94. The van der Waals surface area contributed by atoms with Gasteiger partial charge in [-0.1, -0.05) is 20.4 Å². The summed E-state index contributed by atoms with van der Waals surface area (Å²) >= 11 is 0. The van der Waals surface area contributed by atoms with Gasteiger partial charge < -0.3 is 9.80 Å². The second-order valence-corrected chi connectivity index (χ2v) is 3.63. The number of rotatable bonds is 4. The van der Waals surface area contributed by atoms with Crippen LogP contribution >= 0.6 is 0 Å². The molecule has 68 valence electrons. The first-order valence-corrected chi connectivity index (χ1v) is 4.53. The average molecular weight is 166 g/mol. The first-order chi connectivity index (χ1) is 5.72. The summed E-state index contributed by atoms with van der Waals surface area (Å²) in [6.07, 6.45) is 7.30. The van der Waals surface area contributed by atoms with Crippen molar-refractivity contribution in [2.75, 3.05) is 13.2 Å². The largest absolute Gasteiger partial charge is 0.358 e. The zero-order valence-corrected chi connectivity index (χ0v) is 8.03. The second kappa shape index (κ2) is 4.19. The van der Waals surface area contributed by atoms with Gasteiger partial charge in [0.2, 0.25) is 0 Å². The van der Waals surface area contributed by atoms with E-state index < -0.39 is 0 Å². The molecular weight excluding hydrogens is 148 g/mol. The highest BCUT2D eigenvalue weighted by Crippen LogP contribution is 2.09. The molecule has 0 aromatic carbocycles. The molecule has 0 radical (unpaired) electrons. The van der Waals surface area contributed by atoms with E-state index in [0.29, 0.717) is 0 Å². The highest BCUT2D eigenvalue weighted by Gasteiger charge is 2.08. The van der Waals surface area contributed by atoms with Gasteiger partial charge in [-0.15, -0.1) is 0 Å². The molecule has 0 unspecified atom stereocenters. The lowest BCUT2D eigenvalue weighted by Gasteiger charge is -2.19. The van der Waals surface area contributed by atoms with Crippen molar-refractivity contribution in [3.05, 3.63) is 25.2 Å². The van der Waals surface area contributed by atoms with E-state index in [1.165, 1.54) is 6.42 Å². The monoisotopic (exact) mass is 166 g/mol. The third-order valence-electron chi connectivity index (χ3n) is 2.04. The lowest BCUT2D eigenvalue weighted by atomic mass is 10.1. The van der Waals surface area contributed by atoms with Crippen LogP contribution in [0.3, 0.4) is 0 Å². The van der Waals surface area contributed by atoms with Crippen LogP contribution in [0, 0.1) is 5.92 Å². The molecule has 0 aromatic rings. The van der Waals surface area contributed by atoms with Gasteiger partial charge in [-0.3, -0.25) is 0 Å². The van der Waals surface area contributed by atoms with Crippen LogP contribution in [0.25, 0.3) is 0 Å². The first kappa shape index (κ1) is 9.17. The first-order valence-electron chi connectivity index (χ1n) is 4.53. The van der Waals surface area contributed by atoms with Gasteiger partial charge >= 0.3 is 0 Å². The van der Waals surface area contributed by atoms with Crippen LogP contribution < -0.4 is 0 Å². The molecule has 1 rings (SSSR count). The summed E-state index contributed by atoms with van der Waals surface area (Å²) in [5.41, 5.74) is 0. The maximum absolute atomic E-state index is 3.72. The van der Waals surface area contributed by atoms with Crippen molar-refractivity contribution < 1.29 is 0 Å². The topological polar surface area (TPSA) is 6.48 Å². The Morgan fingerprint density at radius 1 is 1.50 bits per heavy atom. The molecule has 0 bridgehead atoms. The quantitative estimate of drug-likeness (QED) is 0.632. The van der Waals surface area contributed by atoms with Crippen LogP contribution in [0.4, 0.5) is 0 Å². The van der Waals surface area contributed by atoms with Gasteiger partial charge in [-0.25, -0.2) is 0 Å². The third-order valence-corrected chi connectivity index (χ3v) is 2.04. The van der Waals surface area contributed by atoms with E-state index in [1.807, 2.05) is 6.20 Å². The van der Waals surface area contributed by atoms with E-state index >= 15 is 0 Å². The van der Waals surface area contributed by atoms with E-state index in [9.17, 15) is 0 Å². The van der Waals surface area contributed by atoms with Crippen molar-refractivity contribution in [3.63, 3.8) is 0 Å². The van der Waals surface area contributed by atoms with Crippen LogP contribution in [0.2, 0.25) is 0 Å². The average Bonchev–Trinajstić information content (AvgIpc) is 2.48. The standard InChI is InChI=1S/C10H18N2/c1-4-11-7-8-12(9-11)6-5-10(2)3/h4,7-8,10H,1,5-6,9H2,2-3H3. The molecule has 1 aliphatic rings. The summed E-state index contributed by atoms with van der Waals surface area (Å²) in [5, 5.41) is 0. The van der Waals surface area contributed by atoms with Crippen molar-refractivity contribution in [2.24, 2.45) is 5.92 Å². The van der Waals surface area contributed by atoms with Gasteiger partial charge in [0, 0.05) is 18.9 Å². The van der Waals surface area contributed by atoms with Crippen LogP contribution in [0.15, 0.2) is 25.2 Å². The Kier molecular flexibility index (Phi) is 3.20. The molecule has 0 saturated heterocycles. The Morgan fingerprint density at radius 3 is 2.75 bits per heavy atom. The zero-order valence-electron chi connectivity index (χ0n) is 8.03. The van der Waals surface area contributed by atoms with E-state index in [1.54, 1.807) is 0 Å². The summed E-state index contributed by atoms with van der Waals surface area (Å²) in [7, 11) is 0. The van der Waals surface area contributed by atoms with Crippen molar-refractivity contribution in [1.29, 1.82) is 0 Å². The smallest absolute Gasteiger partial charge is 0.0935 e. The summed E-state index contributed by atoms with van der Waals surface area (Å²) in [6.45, 7) is 10.4. The Labute approximate surface area is 75.2 Å². The van der Waals surface area contributed by atoms with E-state index in [2.05, 4.69) is 42.6 Å². The molecule has 12 heavy (non-hydrogen) atoms. The molecular formula is C10H18N2. The summed E-state index contributed by atoms with van der Waals surface area (Å²) < 4.78 is 0. The molecule has 0 amide bonds. The molecule has 0 atom stereocenters. The minimum atomic E-state index is 0.788. The Morgan fingerprint density at radius 2 is 2.25 bits per heavy atom. The van der Waals surface area contributed by atoms with Crippen molar-refractivity contribution in [1.82, 2.24) is 9.80 Å². The fourth-order valence-corrected chi connectivity index (χ4v) is 1.17. The normalized spacial score (nSPS) is 16.2. The lowest BCUT2D eigenvalue weighted by Crippen LogP contribution is -2.23. The fourth-order valence-electron chi connectivity index (χ4n) is 1.17. The molecule has 2 heteroatoms. The number of hydrogen-bond acceptors (Lipinski definition) is 2. The molecule has 0 aliphatic carbocycles. The summed E-state index contributed by atoms with van der Waals surface area (Å²) in [5.74, 6) is 0.788. The molecule has 0 saturated carbocycles. The van der Waals surface area contributed by atoms with Gasteiger partial charge in [0.15, 0.2) is 0 Å². The zero-order chi connectivity index (χ0) is 8.97. The van der Waals surface area contributed by atoms with Gasteiger partial charge in [-0.2, -0.15) is 0 Å². The van der Waals surface area contributed by atoms with Crippen LogP contribution in [0.5, 0.6) is 0 Å². The van der Waals surface area contributed by atoms with Crippen molar-refractivity contribution >= 4 is 0 Å². The third kappa shape index (κ3) is 2.61. The molecule has 1 aliphatic heterocycles. The number of nitrogens with zero attached hydrogens (tertiary/aromatic N) is 2. The highest BCUT2D eigenvalue weighted by atomic mass is 15.3. The van der Waals surface area contributed by atoms with Crippen molar-refractivity contribution in [2.45, 2.75) is 20.3 Å². The predicted molar refractivity (Wildman–Crippen MR) is 52.2 cm³/mol. The van der Waals surface area contributed by atoms with Crippen LogP contribution in [0.1, 0.15) is 20.3 Å². The maximum atomic E-state index is 3.72. The van der Waals surface area contributed by atoms with Gasteiger partial charge in [0.1, 0.15) is 0 Å². The molecule has 0 aromatic heterocycles. The van der Waals surface area contributed by atoms with E-state index in [-0.39, 0.29) is 0 Å². The second-order valence-electron chi connectivity index (χ2n) is 3.63. The lowest BCUT2D eigenvalue weighted by molar-refractivity contribution is 0.298. The Balaban J connectivity index is 2.20. The SMILES string of the molecule is C=CN1C=CN(CCC(C)C)C1. The minimum Gasteiger partial charge on any atom is -0.358 e. The minimum absolute atomic E-state index is 0.788. The number of hydrogen-bond donors (Lipinski definition) is 0. The summed E-state index contributed by atoms with van der Waals surface area (Å²) in [6, 6.07) is 0. The van der Waals surface area contributed by atoms with E-state index in [4.69, 9.17) is 0 Å². The fraction of sp³-hybridized carbons (Fsp3) is 0.600. The van der Waals surface area contributed by atoms with Gasteiger partial charge in [0.05, 0.1) is 6.67 Å². The Bertz CT molecular complexity index is 173. The molecule has 2 nitrogen and oxygen atoms in total. The van der Waals surface area contributed by atoms with Gasteiger partial charge in [-0.05, 0) is 18.5 Å². The van der Waals surface area contributed by atoms with Crippen LogP contribution in [-0.4, -0.2) is 23.0 Å². The van der Waals surface area contributed by atoms with E-state index in [0.717, 1.165) is 19.1 Å².